The lowest BCUT2D eigenvalue weighted by atomic mass is 10.1. The molecule has 1 unspecified atom stereocenters. The molecule has 1 aliphatic rings. The van der Waals surface area contributed by atoms with E-state index < -0.39 is 0 Å². The standard InChI is InChI=1S/C12H21NO3S2/c1-9(15)18-8-10-5-12(16)13(6-10)11(7-14)3-4-17-2/h10-11,14H,3-8H2,1-2H3/t10?,11-/m0/s1. The third-order valence-electron chi connectivity index (χ3n) is 3.07. The summed E-state index contributed by atoms with van der Waals surface area (Å²) in [7, 11) is 0. The van der Waals surface area contributed by atoms with Crippen molar-refractivity contribution in [3.63, 3.8) is 0 Å². The maximum absolute atomic E-state index is 11.9. The normalized spacial score (nSPS) is 21.4. The minimum absolute atomic E-state index is 0.0267. The van der Waals surface area contributed by atoms with Crippen LogP contribution < -0.4 is 0 Å². The molecule has 1 N–H and O–H groups in total. The maximum atomic E-state index is 11.9. The molecule has 0 bridgehead atoms. The second-order valence-corrected chi connectivity index (χ2v) is 6.72. The summed E-state index contributed by atoms with van der Waals surface area (Å²) >= 11 is 3.01. The highest BCUT2D eigenvalue weighted by Crippen LogP contribution is 2.25. The van der Waals surface area contributed by atoms with Crippen LogP contribution in [0.2, 0.25) is 0 Å². The molecule has 1 fully saturated rings. The van der Waals surface area contributed by atoms with Gasteiger partial charge in [-0.15, -0.1) is 0 Å². The van der Waals surface area contributed by atoms with E-state index in [0.29, 0.717) is 18.7 Å². The number of thioether (sulfide) groups is 2. The largest absolute Gasteiger partial charge is 0.394 e. The van der Waals surface area contributed by atoms with Crippen LogP contribution in [0.15, 0.2) is 0 Å². The summed E-state index contributed by atoms with van der Waals surface area (Å²) in [6.45, 7) is 2.26. The fourth-order valence-corrected chi connectivity index (χ4v) is 3.31. The molecule has 4 nitrogen and oxygen atoms in total. The average Bonchev–Trinajstić information content (AvgIpc) is 2.69. The van der Waals surface area contributed by atoms with Gasteiger partial charge in [-0.2, -0.15) is 11.8 Å². The van der Waals surface area contributed by atoms with Gasteiger partial charge in [-0.1, -0.05) is 11.8 Å². The zero-order valence-electron chi connectivity index (χ0n) is 10.9. The molecule has 1 heterocycles. The molecule has 6 heteroatoms. The number of rotatable bonds is 7. The Balaban J connectivity index is 2.46. The fraction of sp³-hybridized carbons (Fsp3) is 0.833. The van der Waals surface area contributed by atoms with E-state index in [4.69, 9.17) is 0 Å². The highest BCUT2D eigenvalue weighted by atomic mass is 32.2. The summed E-state index contributed by atoms with van der Waals surface area (Å²) in [6.07, 6.45) is 3.36. The van der Waals surface area contributed by atoms with Gasteiger partial charge in [-0.3, -0.25) is 9.59 Å². The van der Waals surface area contributed by atoms with Crippen molar-refractivity contribution in [2.24, 2.45) is 5.92 Å². The SMILES string of the molecule is CSCC[C@@H](CO)N1CC(CSC(C)=O)CC1=O. The molecule has 1 amide bonds. The number of carbonyl (C=O) groups is 2. The van der Waals surface area contributed by atoms with E-state index in [1.807, 2.05) is 6.26 Å². The minimum atomic E-state index is -0.0581. The smallest absolute Gasteiger partial charge is 0.223 e. The average molecular weight is 291 g/mol. The second-order valence-electron chi connectivity index (χ2n) is 4.54. The summed E-state index contributed by atoms with van der Waals surface area (Å²) in [5.74, 6) is 2.01. The van der Waals surface area contributed by atoms with E-state index in [1.54, 1.807) is 23.6 Å². The molecular formula is C12H21NO3S2. The molecule has 1 rings (SSSR count). The van der Waals surface area contributed by atoms with E-state index >= 15 is 0 Å². The Morgan fingerprint density at radius 2 is 2.33 bits per heavy atom. The van der Waals surface area contributed by atoms with Crippen LogP contribution in [0.25, 0.3) is 0 Å². The van der Waals surface area contributed by atoms with E-state index in [1.165, 1.54) is 11.8 Å². The van der Waals surface area contributed by atoms with E-state index in [0.717, 1.165) is 12.2 Å². The van der Waals surface area contributed by atoms with Gasteiger partial charge in [0.2, 0.25) is 5.91 Å². The monoisotopic (exact) mass is 291 g/mol. The summed E-state index contributed by atoms with van der Waals surface area (Å²) in [5.41, 5.74) is 0. The van der Waals surface area contributed by atoms with Crippen molar-refractivity contribution < 1.29 is 14.7 Å². The van der Waals surface area contributed by atoms with Gasteiger partial charge in [0.05, 0.1) is 12.6 Å². The molecule has 0 saturated carbocycles. The first-order valence-corrected chi connectivity index (χ1v) is 8.49. The third kappa shape index (κ3) is 4.82. The van der Waals surface area contributed by atoms with Gasteiger partial charge in [0.25, 0.3) is 0 Å². The topological polar surface area (TPSA) is 57.6 Å². The van der Waals surface area contributed by atoms with Gasteiger partial charge in [0.1, 0.15) is 0 Å². The summed E-state index contributed by atoms with van der Waals surface area (Å²) in [6, 6.07) is -0.0581. The number of hydrogen-bond donors (Lipinski definition) is 1. The van der Waals surface area contributed by atoms with Crippen molar-refractivity contribution in [2.75, 3.05) is 30.9 Å². The van der Waals surface area contributed by atoms with Crippen molar-refractivity contribution in [3.05, 3.63) is 0 Å². The Labute approximate surface area is 117 Å². The molecule has 0 radical (unpaired) electrons. The van der Waals surface area contributed by atoms with Gasteiger partial charge in [0, 0.05) is 25.6 Å². The molecule has 104 valence electrons. The van der Waals surface area contributed by atoms with Crippen LogP contribution >= 0.6 is 23.5 Å². The number of likely N-dealkylation sites (tertiary alicyclic amines) is 1. The fourth-order valence-electron chi connectivity index (χ4n) is 2.11. The van der Waals surface area contributed by atoms with Crippen LogP contribution in [0.4, 0.5) is 0 Å². The quantitative estimate of drug-likeness (QED) is 0.764. The Hall–Kier alpha value is -0.200. The van der Waals surface area contributed by atoms with Gasteiger partial charge in [-0.05, 0) is 24.3 Å². The highest BCUT2D eigenvalue weighted by molar-refractivity contribution is 8.13. The number of aliphatic hydroxyl groups is 1. The molecule has 0 spiro atoms. The molecule has 18 heavy (non-hydrogen) atoms. The van der Waals surface area contributed by atoms with Gasteiger partial charge in [-0.25, -0.2) is 0 Å². The highest BCUT2D eigenvalue weighted by Gasteiger charge is 2.33. The zero-order chi connectivity index (χ0) is 13.5. The number of amides is 1. The van der Waals surface area contributed by atoms with Crippen molar-refractivity contribution in [3.8, 4) is 0 Å². The first kappa shape index (κ1) is 15.9. The van der Waals surface area contributed by atoms with Crippen molar-refractivity contribution in [1.29, 1.82) is 0 Å². The lowest BCUT2D eigenvalue weighted by Crippen LogP contribution is -2.39. The van der Waals surface area contributed by atoms with Crippen molar-refractivity contribution in [1.82, 2.24) is 4.90 Å². The van der Waals surface area contributed by atoms with Crippen molar-refractivity contribution in [2.45, 2.75) is 25.8 Å². The zero-order valence-corrected chi connectivity index (χ0v) is 12.6. The molecular weight excluding hydrogens is 270 g/mol. The van der Waals surface area contributed by atoms with Gasteiger partial charge in [0.15, 0.2) is 5.12 Å². The van der Waals surface area contributed by atoms with E-state index in [9.17, 15) is 14.7 Å². The Morgan fingerprint density at radius 1 is 1.61 bits per heavy atom. The second kappa shape index (κ2) is 8.07. The maximum Gasteiger partial charge on any atom is 0.223 e. The molecule has 1 saturated heterocycles. The molecule has 1 aliphatic heterocycles. The third-order valence-corrected chi connectivity index (χ3v) is 4.76. The predicted molar refractivity (Wildman–Crippen MR) is 76.8 cm³/mol. The van der Waals surface area contributed by atoms with Crippen LogP contribution in [0, 0.1) is 5.92 Å². The number of carbonyl (C=O) groups excluding carboxylic acids is 2. The number of nitrogens with zero attached hydrogens (tertiary/aromatic N) is 1. The van der Waals surface area contributed by atoms with Crippen LogP contribution in [0.1, 0.15) is 19.8 Å². The summed E-state index contributed by atoms with van der Waals surface area (Å²) < 4.78 is 0. The Kier molecular flexibility index (Phi) is 7.11. The molecule has 0 aromatic carbocycles. The van der Waals surface area contributed by atoms with Crippen LogP contribution in [-0.4, -0.2) is 58.0 Å². The summed E-state index contributed by atoms with van der Waals surface area (Å²) in [4.78, 5) is 24.6. The Bertz CT molecular complexity index is 299. The first-order valence-electron chi connectivity index (χ1n) is 6.11. The van der Waals surface area contributed by atoms with Crippen LogP contribution in [-0.2, 0) is 9.59 Å². The predicted octanol–water partition coefficient (Wildman–Crippen LogP) is 1.23. The number of hydrogen-bond acceptors (Lipinski definition) is 5. The molecule has 0 aliphatic carbocycles. The lowest BCUT2D eigenvalue weighted by molar-refractivity contribution is -0.130. The summed E-state index contributed by atoms with van der Waals surface area (Å²) in [5, 5.41) is 9.47. The van der Waals surface area contributed by atoms with Gasteiger partial charge < -0.3 is 10.0 Å². The van der Waals surface area contributed by atoms with E-state index in [-0.39, 0.29) is 29.6 Å². The van der Waals surface area contributed by atoms with E-state index in [2.05, 4.69) is 0 Å². The first-order chi connectivity index (χ1) is 8.58. The van der Waals surface area contributed by atoms with Crippen molar-refractivity contribution >= 4 is 34.5 Å². The minimum Gasteiger partial charge on any atom is -0.394 e. The van der Waals surface area contributed by atoms with Gasteiger partial charge >= 0.3 is 0 Å². The molecule has 2 atom stereocenters. The number of aliphatic hydroxyl groups excluding tert-OH is 1. The molecule has 0 aromatic rings. The van der Waals surface area contributed by atoms with Crippen LogP contribution in [0.5, 0.6) is 0 Å². The lowest BCUT2D eigenvalue weighted by Gasteiger charge is -2.26. The Morgan fingerprint density at radius 3 is 2.89 bits per heavy atom. The molecule has 0 aromatic heterocycles. The van der Waals surface area contributed by atoms with Crippen LogP contribution in [0.3, 0.4) is 0 Å².